The molecule has 0 saturated carbocycles. The van der Waals surface area contributed by atoms with Crippen LogP contribution in [-0.2, 0) is 19.4 Å². The molecule has 2 aliphatic rings. The number of hydrogen-bond acceptors (Lipinski definition) is 6. The van der Waals surface area contributed by atoms with Crippen molar-refractivity contribution in [2.24, 2.45) is 0 Å². The molecule has 1 atom stereocenters. The molecule has 0 aromatic heterocycles. The SMILES string of the molecule is O=C(CN1C(=O)S/C(=C\c2cccc(F)c2)C1=O)N[C@@H]1CCS(=O)(=O)C1. The van der Waals surface area contributed by atoms with Crippen molar-refractivity contribution in [2.75, 3.05) is 18.1 Å². The molecule has 2 saturated heterocycles. The summed E-state index contributed by atoms with van der Waals surface area (Å²) in [6.07, 6.45) is 1.70. The van der Waals surface area contributed by atoms with Gasteiger partial charge in [-0.15, -0.1) is 0 Å². The van der Waals surface area contributed by atoms with Crippen LogP contribution in [0.3, 0.4) is 0 Å². The maximum atomic E-state index is 13.2. The summed E-state index contributed by atoms with van der Waals surface area (Å²) >= 11 is 0.667. The molecule has 10 heteroatoms. The molecular formula is C16H15FN2O5S2. The molecule has 7 nitrogen and oxygen atoms in total. The first-order chi connectivity index (χ1) is 12.2. The van der Waals surface area contributed by atoms with Gasteiger partial charge in [0.25, 0.3) is 11.1 Å². The van der Waals surface area contributed by atoms with Crippen molar-refractivity contribution in [1.82, 2.24) is 10.2 Å². The number of sulfone groups is 1. The molecule has 2 heterocycles. The number of halogens is 1. The van der Waals surface area contributed by atoms with Crippen molar-refractivity contribution in [3.63, 3.8) is 0 Å². The van der Waals surface area contributed by atoms with Crippen molar-refractivity contribution < 1.29 is 27.2 Å². The topological polar surface area (TPSA) is 101 Å². The molecule has 0 radical (unpaired) electrons. The lowest BCUT2D eigenvalue weighted by molar-refractivity contribution is -0.129. The van der Waals surface area contributed by atoms with E-state index in [1.807, 2.05) is 0 Å². The van der Waals surface area contributed by atoms with Crippen LogP contribution in [0.4, 0.5) is 9.18 Å². The number of nitrogens with zero attached hydrogens (tertiary/aromatic N) is 1. The van der Waals surface area contributed by atoms with Gasteiger partial charge in [-0.25, -0.2) is 12.8 Å². The Hall–Kier alpha value is -2.20. The predicted octanol–water partition coefficient (Wildman–Crippen LogP) is 1.17. The zero-order valence-electron chi connectivity index (χ0n) is 13.5. The second kappa shape index (κ2) is 7.20. The van der Waals surface area contributed by atoms with E-state index in [2.05, 4.69) is 5.32 Å². The van der Waals surface area contributed by atoms with Crippen molar-refractivity contribution in [1.29, 1.82) is 0 Å². The molecule has 138 valence electrons. The summed E-state index contributed by atoms with van der Waals surface area (Å²) in [4.78, 5) is 37.2. The van der Waals surface area contributed by atoms with Crippen LogP contribution in [0.15, 0.2) is 29.2 Å². The molecule has 0 aliphatic carbocycles. The third-order valence-corrected chi connectivity index (χ3v) is 6.59. The summed E-state index contributed by atoms with van der Waals surface area (Å²) in [6, 6.07) is 5.05. The number of rotatable bonds is 4. The van der Waals surface area contributed by atoms with Gasteiger partial charge >= 0.3 is 0 Å². The Morgan fingerprint density at radius 3 is 2.81 bits per heavy atom. The maximum Gasteiger partial charge on any atom is 0.294 e. The van der Waals surface area contributed by atoms with Crippen LogP contribution in [0, 0.1) is 5.82 Å². The van der Waals surface area contributed by atoms with E-state index in [4.69, 9.17) is 0 Å². The second-order valence-electron chi connectivity index (χ2n) is 5.99. The van der Waals surface area contributed by atoms with E-state index in [9.17, 15) is 27.2 Å². The number of benzene rings is 1. The van der Waals surface area contributed by atoms with E-state index in [-0.39, 0.29) is 16.4 Å². The fourth-order valence-electron chi connectivity index (χ4n) is 2.71. The van der Waals surface area contributed by atoms with E-state index in [1.165, 1.54) is 24.3 Å². The van der Waals surface area contributed by atoms with Crippen LogP contribution in [0.5, 0.6) is 0 Å². The largest absolute Gasteiger partial charge is 0.351 e. The molecule has 1 aromatic carbocycles. The highest BCUT2D eigenvalue weighted by Gasteiger charge is 2.37. The van der Waals surface area contributed by atoms with Crippen molar-refractivity contribution in [3.05, 3.63) is 40.6 Å². The van der Waals surface area contributed by atoms with Crippen LogP contribution in [0.25, 0.3) is 6.08 Å². The van der Waals surface area contributed by atoms with Crippen LogP contribution >= 0.6 is 11.8 Å². The van der Waals surface area contributed by atoms with Crippen LogP contribution in [0.2, 0.25) is 0 Å². The number of nitrogens with one attached hydrogen (secondary N) is 1. The monoisotopic (exact) mass is 398 g/mol. The molecule has 0 unspecified atom stereocenters. The minimum atomic E-state index is -3.14. The number of amides is 3. The number of carbonyl (C=O) groups excluding carboxylic acids is 3. The predicted molar refractivity (Wildman–Crippen MR) is 94.3 cm³/mol. The maximum absolute atomic E-state index is 13.2. The summed E-state index contributed by atoms with van der Waals surface area (Å²) in [6.45, 7) is -0.484. The zero-order valence-corrected chi connectivity index (χ0v) is 15.1. The number of carbonyl (C=O) groups is 3. The Balaban J connectivity index is 1.65. The normalized spacial score (nSPS) is 23.7. The van der Waals surface area contributed by atoms with Crippen molar-refractivity contribution >= 4 is 44.7 Å². The van der Waals surface area contributed by atoms with Crippen LogP contribution in [-0.4, -0.2) is 54.5 Å². The Morgan fingerprint density at radius 2 is 2.15 bits per heavy atom. The Kier molecular flexibility index (Phi) is 5.15. The highest BCUT2D eigenvalue weighted by molar-refractivity contribution is 8.18. The van der Waals surface area contributed by atoms with Gasteiger partial charge in [-0.05, 0) is 42.0 Å². The molecule has 3 amide bonds. The number of thioether (sulfide) groups is 1. The van der Waals surface area contributed by atoms with Gasteiger partial charge in [-0.3, -0.25) is 19.3 Å². The Labute approximate surface area is 153 Å². The van der Waals surface area contributed by atoms with Crippen LogP contribution < -0.4 is 5.32 Å². The minimum Gasteiger partial charge on any atom is -0.351 e. The average molecular weight is 398 g/mol. The van der Waals surface area contributed by atoms with Crippen LogP contribution in [0.1, 0.15) is 12.0 Å². The smallest absolute Gasteiger partial charge is 0.294 e. The molecule has 2 fully saturated rings. The standard InChI is InChI=1S/C16H15FN2O5S2/c17-11-3-1-2-10(6-11)7-13-15(21)19(16(22)25-13)8-14(20)18-12-4-5-26(23,24)9-12/h1-3,6-7,12H,4-5,8-9H2,(H,18,20)/b13-7-/t12-/m1/s1. The summed E-state index contributed by atoms with van der Waals surface area (Å²) in [7, 11) is -3.14. The first-order valence-electron chi connectivity index (χ1n) is 7.74. The zero-order chi connectivity index (χ0) is 18.9. The summed E-state index contributed by atoms with van der Waals surface area (Å²) in [5.41, 5.74) is 0.427. The van der Waals surface area contributed by atoms with E-state index in [0.717, 1.165) is 4.90 Å². The molecule has 3 rings (SSSR count). The lowest BCUT2D eigenvalue weighted by atomic mass is 10.2. The molecule has 0 spiro atoms. The van der Waals surface area contributed by atoms with E-state index >= 15 is 0 Å². The summed E-state index contributed by atoms with van der Waals surface area (Å²) in [5.74, 6) is -1.83. The molecule has 1 N–H and O–H groups in total. The third-order valence-electron chi connectivity index (χ3n) is 3.92. The van der Waals surface area contributed by atoms with E-state index in [1.54, 1.807) is 6.07 Å². The summed E-state index contributed by atoms with van der Waals surface area (Å²) < 4.78 is 36.0. The van der Waals surface area contributed by atoms with Gasteiger partial charge in [0, 0.05) is 6.04 Å². The first kappa shape index (κ1) is 18.6. The van der Waals surface area contributed by atoms with Gasteiger partial charge in [0.05, 0.1) is 16.4 Å². The second-order valence-corrected chi connectivity index (χ2v) is 9.21. The van der Waals surface area contributed by atoms with Crippen molar-refractivity contribution in [3.8, 4) is 0 Å². The highest BCUT2D eigenvalue weighted by atomic mass is 32.2. The molecule has 2 aliphatic heterocycles. The van der Waals surface area contributed by atoms with E-state index in [0.29, 0.717) is 23.7 Å². The van der Waals surface area contributed by atoms with Crippen molar-refractivity contribution in [2.45, 2.75) is 12.5 Å². The first-order valence-corrected chi connectivity index (χ1v) is 10.4. The van der Waals surface area contributed by atoms with Gasteiger partial charge in [-0.2, -0.15) is 0 Å². The average Bonchev–Trinajstić information content (AvgIpc) is 3.01. The van der Waals surface area contributed by atoms with Gasteiger partial charge in [0.15, 0.2) is 9.84 Å². The fraction of sp³-hybridized carbons (Fsp3) is 0.312. The fourth-order valence-corrected chi connectivity index (χ4v) is 5.22. The van der Waals surface area contributed by atoms with Gasteiger partial charge in [0.1, 0.15) is 12.4 Å². The molecular weight excluding hydrogens is 383 g/mol. The van der Waals surface area contributed by atoms with Gasteiger partial charge in [0.2, 0.25) is 5.91 Å². The lowest BCUT2D eigenvalue weighted by Gasteiger charge is -2.15. The minimum absolute atomic E-state index is 0.00982. The molecule has 0 bridgehead atoms. The molecule has 1 aromatic rings. The molecule has 26 heavy (non-hydrogen) atoms. The van der Waals surface area contributed by atoms with Gasteiger partial charge in [-0.1, -0.05) is 12.1 Å². The Bertz CT molecular complexity index is 913. The number of imide groups is 1. The quantitative estimate of drug-likeness (QED) is 0.764. The highest BCUT2D eigenvalue weighted by Crippen LogP contribution is 2.32. The lowest BCUT2D eigenvalue weighted by Crippen LogP contribution is -2.43. The summed E-state index contributed by atoms with van der Waals surface area (Å²) in [5, 5.41) is 1.93. The third kappa shape index (κ3) is 4.31. The number of hydrogen-bond donors (Lipinski definition) is 1. The van der Waals surface area contributed by atoms with E-state index < -0.39 is 45.3 Å². The Morgan fingerprint density at radius 1 is 1.38 bits per heavy atom. The van der Waals surface area contributed by atoms with Gasteiger partial charge < -0.3 is 5.32 Å².